The van der Waals surface area contributed by atoms with Gasteiger partial charge < -0.3 is 10.2 Å². The summed E-state index contributed by atoms with van der Waals surface area (Å²) >= 11 is 6.14. The predicted octanol–water partition coefficient (Wildman–Crippen LogP) is 3.39. The first-order chi connectivity index (χ1) is 11.8. The van der Waals surface area contributed by atoms with Gasteiger partial charge >= 0.3 is 0 Å². The number of hydrogen-bond acceptors (Lipinski definition) is 3. The van der Waals surface area contributed by atoms with Crippen LogP contribution in [0.1, 0.15) is 48.6 Å². The first-order valence-corrected chi connectivity index (χ1v) is 8.99. The fourth-order valence-electron chi connectivity index (χ4n) is 3.36. The van der Waals surface area contributed by atoms with Gasteiger partial charge in [0, 0.05) is 30.4 Å². The first-order valence-electron chi connectivity index (χ1n) is 8.61. The summed E-state index contributed by atoms with van der Waals surface area (Å²) in [5, 5.41) is 8.63. The molecule has 5 nitrogen and oxygen atoms in total. The molecule has 6 heteroatoms. The number of piperazine rings is 1. The maximum absolute atomic E-state index is 13.2. The quantitative estimate of drug-likeness (QED) is 0.893. The molecule has 25 heavy (non-hydrogen) atoms. The topological polar surface area (TPSA) is 50.2 Å². The summed E-state index contributed by atoms with van der Waals surface area (Å²) in [6.07, 6.45) is 0. The molecule has 1 aromatic carbocycles. The van der Waals surface area contributed by atoms with E-state index in [1.54, 1.807) is 0 Å². The fraction of sp³-hybridized carbons (Fsp3) is 0.474. The standard InChI is InChI=1S/C19H25ClN4O/c1-13-10-16(22-24(13)19(2,3)4)18(25)23-9-8-21-12-17(23)14-6-5-7-15(20)11-14/h5-7,10-11,17,21H,8-9,12H2,1-4H3. The smallest absolute Gasteiger partial charge is 0.274 e. The maximum atomic E-state index is 13.2. The normalized spacial score (nSPS) is 18.4. The molecule has 1 atom stereocenters. The van der Waals surface area contributed by atoms with Crippen LogP contribution in [0.2, 0.25) is 5.02 Å². The molecule has 0 saturated carbocycles. The average Bonchev–Trinajstić information content (AvgIpc) is 2.96. The average molecular weight is 361 g/mol. The van der Waals surface area contributed by atoms with Gasteiger partial charge in [0.25, 0.3) is 5.91 Å². The van der Waals surface area contributed by atoms with Crippen molar-refractivity contribution in [2.24, 2.45) is 0 Å². The number of nitrogens with zero attached hydrogens (tertiary/aromatic N) is 3. The van der Waals surface area contributed by atoms with E-state index in [-0.39, 0.29) is 17.5 Å². The van der Waals surface area contributed by atoms with E-state index in [1.165, 1.54) is 0 Å². The molecule has 0 radical (unpaired) electrons. The number of carbonyl (C=O) groups is 1. The summed E-state index contributed by atoms with van der Waals surface area (Å²) in [4.78, 5) is 15.0. The second kappa shape index (κ2) is 6.81. The van der Waals surface area contributed by atoms with Crippen molar-refractivity contribution in [3.63, 3.8) is 0 Å². The van der Waals surface area contributed by atoms with Crippen molar-refractivity contribution in [3.8, 4) is 0 Å². The number of carbonyl (C=O) groups excluding carboxylic acids is 1. The molecule has 1 N–H and O–H groups in total. The van der Waals surface area contributed by atoms with Crippen LogP contribution < -0.4 is 5.32 Å². The number of aromatic nitrogens is 2. The van der Waals surface area contributed by atoms with Gasteiger partial charge in [0.05, 0.1) is 11.6 Å². The molecule has 3 rings (SSSR count). The Bertz CT molecular complexity index is 778. The van der Waals surface area contributed by atoms with E-state index in [0.29, 0.717) is 23.8 Å². The molecular formula is C19H25ClN4O. The lowest BCUT2D eigenvalue weighted by molar-refractivity contribution is 0.0626. The first kappa shape index (κ1) is 18.0. The number of amides is 1. The number of aryl methyl sites for hydroxylation is 1. The van der Waals surface area contributed by atoms with Crippen molar-refractivity contribution in [1.29, 1.82) is 0 Å². The molecule has 1 aliphatic heterocycles. The predicted molar refractivity (Wildman–Crippen MR) is 100 cm³/mol. The molecular weight excluding hydrogens is 336 g/mol. The Morgan fingerprint density at radius 1 is 1.32 bits per heavy atom. The molecule has 1 amide bonds. The molecule has 0 aliphatic carbocycles. The molecule has 0 bridgehead atoms. The number of benzene rings is 1. The van der Waals surface area contributed by atoms with Gasteiger partial charge in [-0.1, -0.05) is 23.7 Å². The Hall–Kier alpha value is -1.85. The molecule has 1 aromatic heterocycles. The number of halogens is 1. The molecule has 2 heterocycles. The van der Waals surface area contributed by atoms with E-state index < -0.39 is 0 Å². The van der Waals surface area contributed by atoms with E-state index in [9.17, 15) is 4.79 Å². The van der Waals surface area contributed by atoms with Crippen LogP contribution in [0.25, 0.3) is 0 Å². The largest absolute Gasteiger partial charge is 0.328 e. The van der Waals surface area contributed by atoms with Crippen molar-refractivity contribution in [3.05, 3.63) is 52.3 Å². The van der Waals surface area contributed by atoms with Gasteiger partial charge in [-0.15, -0.1) is 0 Å². The molecule has 1 unspecified atom stereocenters. The van der Waals surface area contributed by atoms with Gasteiger partial charge in [0.1, 0.15) is 0 Å². The zero-order chi connectivity index (χ0) is 18.2. The highest BCUT2D eigenvalue weighted by atomic mass is 35.5. The zero-order valence-corrected chi connectivity index (χ0v) is 16.0. The maximum Gasteiger partial charge on any atom is 0.274 e. The molecule has 134 valence electrons. The minimum absolute atomic E-state index is 0.0300. The Kier molecular flexibility index (Phi) is 4.89. The van der Waals surface area contributed by atoms with E-state index in [0.717, 1.165) is 17.8 Å². The van der Waals surface area contributed by atoms with E-state index >= 15 is 0 Å². The third-order valence-corrected chi connectivity index (χ3v) is 4.71. The third kappa shape index (κ3) is 3.72. The summed E-state index contributed by atoms with van der Waals surface area (Å²) in [7, 11) is 0. The van der Waals surface area contributed by atoms with Crippen molar-refractivity contribution in [1.82, 2.24) is 20.0 Å². The lowest BCUT2D eigenvalue weighted by Gasteiger charge is -2.36. The lowest BCUT2D eigenvalue weighted by Crippen LogP contribution is -2.48. The van der Waals surface area contributed by atoms with Crippen LogP contribution in [0, 0.1) is 6.92 Å². The molecule has 0 spiro atoms. The van der Waals surface area contributed by atoms with Crippen molar-refractivity contribution >= 4 is 17.5 Å². The summed E-state index contributed by atoms with van der Waals surface area (Å²) < 4.78 is 1.91. The monoisotopic (exact) mass is 360 g/mol. The summed E-state index contributed by atoms with van der Waals surface area (Å²) in [5.74, 6) is -0.0300. The van der Waals surface area contributed by atoms with Crippen LogP contribution in [0.5, 0.6) is 0 Å². The molecule has 2 aromatic rings. The van der Waals surface area contributed by atoms with Gasteiger partial charge in [0.15, 0.2) is 5.69 Å². The highest BCUT2D eigenvalue weighted by Crippen LogP contribution is 2.27. The Balaban J connectivity index is 1.92. The van der Waals surface area contributed by atoms with E-state index in [2.05, 4.69) is 31.2 Å². The molecule has 1 aliphatic rings. The minimum atomic E-state index is -0.154. The van der Waals surface area contributed by atoms with Gasteiger partial charge in [-0.25, -0.2) is 0 Å². The zero-order valence-electron chi connectivity index (χ0n) is 15.2. The number of rotatable bonds is 2. The summed E-state index contributed by atoms with van der Waals surface area (Å²) in [5.41, 5.74) is 2.38. The van der Waals surface area contributed by atoms with Crippen LogP contribution >= 0.6 is 11.6 Å². The third-order valence-electron chi connectivity index (χ3n) is 4.48. The lowest BCUT2D eigenvalue weighted by atomic mass is 10.0. The Morgan fingerprint density at radius 3 is 2.72 bits per heavy atom. The minimum Gasteiger partial charge on any atom is -0.328 e. The van der Waals surface area contributed by atoms with E-state index in [1.807, 2.05) is 46.8 Å². The van der Waals surface area contributed by atoms with Crippen LogP contribution in [-0.2, 0) is 5.54 Å². The SMILES string of the molecule is Cc1cc(C(=O)N2CCNCC2c2cccc(Cl)c2)nn1C(C)(C)C. The van der Waals surface area contributed by atoms with Gasteiger partial charge in [-0.3, -0.25) is 9.48 Å². The van der Waals surface area contributed by atoms with E-state index in [4.69, 9.17) is 11.6 Å². The second-order valence-corrected chi connectivity index (χ2v) is 7.96. The van der Waals surface area contributed by atoms with Crippen molar-refractivity contribution in [2.45, 2.75) is 39.3 Å². The highest BCUT2D eigenvalue weighted by molar-refractivity contribution is 6.30. The fourth-order valence-corrected chi connectivity index (χ4v) is 3.56. The molecule has 1 saturated heterocycles. The number of hydrogen-bond donors (Lipinski definition) is 1. The van der Waals surface area contributed by atoms with Gasteiger partial charge in [-0.2, -0.15) is 5.10 Å². The Morgan fingerprint density at radius 2 is 2.08 bits per heavy atom. The van der Waals surface area contributed by atoms with Crippen LogP contribution in [0.15, 0.2) is 30.3 Å². The number of nitrogens with one attached hydrogen (secondary N) is 1. The summed E-state index contributed by atoms with van der Waals surface area (Å²) in [6.45, 7) is 10.4. The van der Waals surface area contributed by atoms with Gasteiger partial charge in [0.2, 0.25) is 0 Å². The van der Waals surface area contributed by atoms with Crippen LogP contribution in [0.3, 0.4) is 0 Å². The van der Waals surface area contributed by atoms with Gasteiger partial charge in [-0.05, 0) is 51.5 Å². The van der Waals surface area contributed by atoms with Crippen molar-refractivity contribution < 1.29 is 4.79 Å². The second-order valence-electron chi connectivity index (χ2n) is 7.53. The summed E-state index contributed by atoms with van der Waals surface area (Å²) in [6, 6.07) is 9.56. The van der Waals surface area contributed by atoms with Crippen molar-refractivity contribution in [2.75, 3.05) is 19.6 Å². The van der Waals surface area contributed by atoms with Crippen LogP contribution in [-0.4, -0.2) is 40.2 Å². The highest BCUT2D eigenvalue weighted by Gasteiger charge is 2.31. The molecule has 1 fully saturated rings. The van der Waals surface area contributed by atoms with Crippen LogP contribution in [0.4, 0.5) is 0 Å². The Labute approximate surface area is 154 Å².